The molecule has 218 valence electrons. The molecule has 0 aromatic rings. The maximum absolute atomic E-state index is 13.1. The molecule has 10 nitrogen and oxygen atoms in total. The summed E-state index contributed by atoms with van der Waals surface area (Å²) in [5.41, 5.74) is 1.71. The second kappa shape index (κ2) is 14.1. The zero-order chi connectivity index (χ0) is 30.1. The van der Waals surface area contributed by atoms with Crippen molar-refractivity contribution in [2.24, 2.45) is 10.4 Å². The van der Waals surface area contributed by atoms with Gasteiger partial charge in [-0.3, -0.25) is 20.3 Å². The molecule has 1 fully saturated rings. The highest BCUT2D eigenvalue weighted by Crippen LogP contribution is 2.35. The second-order valence-electron chi connectivity index (χ2n) is 11.4. The van der Waals surface area contributed by atoms with E-state index in [1.807, 2.05) is 86.3 Å². The van der Waals surface area contributed by atoms with Crippen LogP contribution in [0.15, 0.2) is 39.7 Å². The smallest absolute Gasteiger partial charge is 0.410 e. The van der Waals surface area contributed by atoms with E-state index in [1.54, 1.807) is 0 Å². The average Bonchev–Trinajstić information content (AvgIpc) is 3.60. The number of aliphatic imine (C=N–C) groups is 1. The van der Waals surface area contributed by atoms with E-state index in [4.69, 9.17) is 15.5 Å². The number of carbonyl (C=O) groups excluding carboxylic acids is 2. The molecule has 1 unspecified atom stereocenters. The lowest BCUT2D eigenvalue weighted by Crippen LogP contribution is -2.53. The van der Waals surface area contributed by atoms with Crippen LogP contribution in [0.3, 0.4) is 0 Å². The van der Waals surface area contributed by atoms with Crippen LogP contribution in [0.4, 0.5) is 4.79 Å². The first-order chi connectivity index (χ1) is 18.0. The Bertz CT molecular complexity index is 1070. The van der Waals surface area contributed by atoms with Gasteiger partial charge >= 0.3 is 6.09 Å². The topological polar surface area (TPSA) is 147 Å². The van der Waals surface area contributed by atoms with E-state index in [9.17, 15) is 14.4 Å². The highest BCUT2D eigenvalue weighted by atomic mass is 16.4. The van der Waals surface area contributed by atoms with Gasteiger partial charge in [-0.2, -0.15) is 0 Å². The number of hydrogen-bond donors (Lipinski definition) is 5. The average molecular weight is 545 g/mol. The number of rotatable bonds is 11. The fourth-order valence-electron chi connectivity index (χ4n) is 3.75. The number of carbonyl (C=O) groups is 3. The van der Waals surface area contributed by atoms with Crippen molar-refractivity contribution in [3.8, 4) is 0 Å². The summed E-state index contributed by atoms with van der Waals surface area (Å²) in [7, 11) is 0. The van der Waals surface area contributed by atoms with Crippen molar-refractivity contribution >= 4 is 29.6 Å². The van der Waals surface area contributed by atoms with Crippen LogP contribution in [-0.4, -0.2) is 57.7 Å². The van der Waals surface area contributed by atoms with Gasteiger partial charge in [0.25, 0.3) is 0 Å². The Labute approximate surface area is 233 Å². The van der Waals surface area contributed by atoms with Gasteiger partial charge < -0.3 is 20.6 Å². The fourth-order valence-corrected chi connectivity index (χ4v) is 3.75. The van der Waals surface area contributed by atoms with Crippen molar-refractivity contribution in [3.05, 3.63) is 34.7 Å². The molecule has 0 bridgehead atoms. The SMILES string of the molecule is CC/C=C(N=C(C)N(CC(=O)NC1(C(=N)NC(=O)O)CC1)C(C)CC)/C(C)=C(/C=C(C)C)NC(=O)C(C)(C)C. The standard InChI is InChI=1S/C29H48N6O4/c1-11-13-22(20(6)23(16-18(3)4)32-26(37)28(8,9)10)31-21(7)35(19(5)12-2)17-24(36)34-29(14-15-29)25(30)33-27(38)39/h13,16,19H,11-12,14-15,17H2,1-10H3,(H2,30,33)(H,32,37)(H,34,36)(H,38,39)/b22-13-,23-20-,31-21?. The van der Waals surface area contributed by atoms with Gasteiger partial charge in [-0.05, 0) is 72.0 Å². The number of nitrogens with zero attached hydrogens (tertiary/aromatic N) is 2. The van der Waals surface area contributed by atoms with E-state index in [0.29, 0.717) is 30.1 Å². The number of amides is 3. The van der Waals surface area contributed by atoms with Crippen molar-refractivity contribution in [3.63, 3.8) is 0 Å². The third-order valence-electron chi connectivity index (χ3n) is 6.52. The van der Waals surface area contributed by atoms with Gasteiger partial charge in [0.2, 0.25) is 11.8 Å². The summed E-state index contributed by atoms with van der Waals surface area (Å²) in [6, 6.07) is -0.00347. The maximum Gasteiger partial charge on any atom is 0.410 e. The molecule has 3 amide bonds. The summed E-state index contributed by atoms with van der Waals surface area (Å²) < 4.78 is 0. The van der Waals surface area contributed by atoms with Gasteiger partial charge in [0.1, 0.15) is 11.7 Å². The lowest BCUT2D eigenvalue weighted by molar-refractivity contribution is -0.127. The van der Waals surface area contributed by atoms with Crippen LogP contribution in [0.25, 0.3) is 0 Å². The van der Waals surface area contributed by atoms with E-state index in [0.717, 1.165) is 24.0 Å². The van der Waals surface area contributed by atoms with Gasteiger partial charge in [0, 0.05) is 17.2 Å². The third-order valence-corrected chi connectivity index (χ3v) is 6.52. The van der Waals surface area contributed by atoms with Crippen LogP contribution >= 0.6 is 0 Å². The lowest BCUT2D eigenvalue weighted by Gasteiger charge is -2.31. The molecular formula is C29H48N6O4. The first-order valence-corrected chi connectivity index (χ1v) is 13.6. The fraction of sp³-hybridized carbons (Fsp3) is 0.621. The maximum atomic E-state index is 13.1. The molecule has 0 saturated heterocycles. The van der Waals surface area contributed by atoms with Gasteiger partial charge in [0.15, 0.2) is 0 Å². The summed E-state index contributed by atoms with van der Waals surface area (Å²) in [5, 5.41) is 25.0. The minimum atomic E-state index is -1.32. The molecule has 0 spiro atoms. The molecule has 1 aliphatic carbocycles. The molecule has 39 heavy (non-hydrogen) atoms. The van der Waals surface area contributed by atoms with Crippen LogP contribution < -0.4 is 16.0 Å². The lowest BCUT2D eigenvalue weighted by atomic mass is 9.95. The van der Waals surface area contributed by atoms with Crippen LogP contribution in [0.2, 0.25) is 0 Å². The molecule has 0 aromatic carbocycles. The molecule has 0 heterocycles. The third kappa shape index (κ3) is 10.3. The Morgan fingerprint density at radius 2 is 1.69 bits per heavy atom. The molecule has 1 atom stereocenters. The Morgan fingerprint density at radius 3 is 2.13 bits per heavy atom. The first kappa shape index (κ1) is 33.6. The monoisotopic (exact) mass is 544 g/mol. The van der Waals surface area contributed by atoms with Crippen LogP contribution in [0.1, 0.15) is 94.9 Å². The summed E-state index contributed by atoms with van der Waals surface area (Å²) in [4.78, 5) is 43.7. The molecule has 5 N–H and O–H groups in total. The number of nitrogens with one attached hydrogen (secondary N) is 4. The normalized spacial score (nSPS) is 16.4. The Balaban J connectivity index is 3.35. The Morgan fingerprint density at radius 1 is 1.10 bits per heavy atom. The van der Waals surface area contributed by atoms with E-state index >= 15 is 0 Å². The van der Waals surface area contributed by atoms with Gasteiger partial charge in [-0.25, -0.2) is 9.79 Å². The van der Waals surface area contributed by atoms with Crippen molar-refractivity contribution in [1.29, 1.82) is 5.41 Å². The summed E-state index contributed by atoms with van der Waals surface area (Å²) in [5.74, 6) is 0.0127. The van der Waals surface area contributed by atoms with Crippen molar-refractivity contribution in [2.45, 2.75) is 107 Å². The highest BCUT2D eigenvalue weighted by molar-refractivity contribution is 6.03. The Kier molecular flexibility index (Phi) is 12.1. The van der Waals surface area contributed by atoms with E-state index < -0.39 is 17.0 Å². The Hall–Kier alpha value is -3.43. The van der Waals surface area contributed by atoms with E-state index in [1.165, 1.54) is 0 Å². The molecule has 1 saturated carbocycles. The summed E-state index contributed by atoms with van der Waals surface area (Å²) in [6.07, 6.45) is 5.12. The van der Waals surface area contributed by atoms with Gasteiger partial charge in [-0.1, -0.05) is 46.3 Å². The minimum absolute atomic E-state index is 0.00347. The van der Waals surface area contributed by atoms with Crippen LogP contribution in [0.5, 0.6) is 0 Å². The first-order valence-electron chi connectivity index (χ1n) is 13.6. The molecule has 0 radical (unpaired) electrons. The quantitative estimate of drug-likeness (QED) is 0.140. The predicted octanol–water partition coefficient (Wildman–Crippen LogP) is 5.10. The number of allylic oxidation sites excluding steroid dienone is 4. The summed E-state index contributed by atoms with van der Waals surface area (Å²) >= 11 is 0. The van der Waals surface area contributed by atoms with Crippen molar-refractivity contribution < 1.29 is 19.5 Å². The summed E-state index contributed by atoms with van der Waals surface area (Å²) in [6.45, 7) is 19.4. The molecule has 1 aliphatic rings. The molecule has 10 heteroatoms. The van der Waals surface area contributed by atoms with Crippen LogP contribution in [0, 0.1) is 10.8 Å². The predicted molar refractivity (Wildman–Crippen MR) is 157 cm³/mol. The number of hydrogen-bond acceptors (Lipinski definition) is 5. The highest BCUT2D eigenvalue weighted by Gasteiger charge is 2.49. The van der Waals surface area contributed by atoms with E-state index in [2.05, 4.69) is 16.0 Å². The van der Waals surface area contributed by atoms with E-state index in [-0.39, 0.29) is 30.2 Å². The zero-order valence-corrected chi connectivity index (χ0v) is 25.3. The zero-order valence-electron chi connectivity index (χ0n) is 25.3. The molecule has 0 aliphatic heterocycles. The molecule has 1 rings (SSSR count). The minimum Gasteiger partial charge on any atom is -0.465 e. The van der Waals surface area contributed by atoms with Crippen molar-refractivity contribution in [1.82, 2.24) is 20.9 Å². The molecule has 0 aromatic heterocycles. The second-order valence-corrected chi connectivity index (χ2v) is 11.4. The van der Waals surface area contributed by atoms with Crippen molar-refractivity contribution in [2.75, 3.05) is 6.54 Å². The van der Waals surface area contributed by atoms with Gasteiger partial charge in [0.05, 0.1) is 17.8 Å². The van der Waals surface area contributed by atoms with Gasteiger partial charge in [-0.15, -0.1) is 0 Å². The number of carboxylic acid groups (broad SMARTS) is 1. The largest absolute Gasteiger partial charge is 0.465 e. The van der Waals surface area contributed by atoms with Crippen LogP contribution in [-0.2, 0) is 9.59 Å². The molecular weight excluding hydrogens is 496 g/mol. The number of amidine groups is 2.